The molecule has 0 aliphatic carbocycles. The Morgan fingerprint density at radius 3 is 2.18 bits per heavy atom. The Balaban J connectivity index is 3.81. The zero-order chi connectivity index (χ0) is 13.1. The smallest absolute Gasteiger partial charge is 0.158 e. The Morgan fingerprint density at radius 2 is 1.76 bits per heavy atom. The van der Waals surface area contributed by atoms with Crippen LogP contribution in [0.3, 0.4) is 0 Å². The maximum atomic E-state index is 5.73. The Labute approximate surface area is 106 Å². The third-order valence-electron chi connectivity index (χ3n) is 3.04. The molecule has 1 unspecified atom stereocenters. The van der Waals surface area contributed by atoms with Crippen molar-refractivity contribution in [3.8, 4) is 0 Å². The van der Waals surface area contributed by atoms with Gasteiger partial charge in [-0.05, 0) is 13.1 Å². The van der Waals surface area contributed by atoms with Gasteiger partial charge in [-0.1, -0.05) is 13.8 Å². The van der Waals surface area contributed by atoms with Crippen LogP contribution in [0.15, 0.2) is 0 Å². The van der Waals surface area contributed by atoms with Gasteiger partial charge in [0.15, 0.2) is 6.29 Å². The lowest BCUT2D eigenvalue weighted by Crippen LogP contribution is -2.43. The molecule has 0 saturated carbocycles. The van der Waals surface area contributed by atoms with Crippen LogP contribution >= 0.6 is 0 Å². The quantitative estimate of drug-likeness (QED) is 0.513. The Morgan fingerprint density at radius 1 is 1.18 bits per heavy atom. The van der Waals surface area contributed by atoms with E-state index in [-0.39, 0.29) is 12.3 Å². The summed E-state index contributed by atoms with van der Waals surface area (Å²) < 4.78 is 10.3. The number of hydrogen-bond donors (Lipinski definition) is 2. The first-order valence-electron chi connectivity index (χ1n) is 6.43. The average molecular weight is 247 g/mol. The maximum absolute atomic E-state index is 5.73. The molecule has 0 aromatic rings. The molecule has 0 aromatic heterocycles. The number of likely N-dealkylation sites (N-methyl/N-ethyl adjacent to an activating group) is 1. The maximum Gasteiger partial charge on any atom is 0.158 e. The second-order valence-corrected chi connectivity index (χ2v) is 4.05. The summed E-state index contributed by atoms with van der Waals surface area (Å²) in [6.45, 7) is 9.12. The zero-order valence-corrected chi connectivity index (χ0v) is 11.7. The van der Waals surface area contributed by atoms with Crippen LogP contribution in [0.25, 0.3) is 0 Å². The van der Waals surface area contributed by atoms with E-state index in [1.54, 1.807) is 14.2 Å². The molecule has 0 rings (SSSR count). The van der Waals surface area contributed by atoms with Gasteiger partial charge >= 0.3 is 0 Å². The molecule has 0 aromatic carbocycles. The van der Waals surface area contributed by atoms with Crippen molar-refractivity contribution in [3.63, 3.8) is 0 Å². The molecule has 0 spiro atoms. The summed E-state index contributed by atoms with van der Waals surface area (Å²) in [4.78, 5) is 2.38. The first-order valence-corrected chi connectivity index (χ1v) is 6.43. The monoisotopic (exact) mass is 247 g/mol. The van der Waals surface area contributed by atoms with Gasteiger partial charge < -0.3 is 25.4 Å². The first-order chi connectivity index (χ1) is 8.21. The molecule has 0 saturated heterocycles. The van der Waals surface area contributed by atoms with Crippen LogP contribution in [0, 0.1) is 0 Å². The van der Waals surface area contributed by atoms with E-state index in [0.717, 1.165) is 32.6 Å². The molecular formula is C12H29N3O2. The molecule has 5 heteroatoms. The number of rotatable bonds is 11. The lowest BCUT2D eigenvalue weighted by molar-refractivity contribution is -0.110. The fourth-order valence-electron chi connectivity index (χ4n) is 1.75. The van der Waals surface area contributed by atoms with E-state index >= 15 is 0 Å². The van der Waals surface area contributed by atoms with Crippen LogP contribution in [-0.2, 0) is 9.47 Å². The molecule has 0 bridgehead atoms. The van der Waals surface area contributed by atoms with E-state index in [4.69, 9.17) is 15.2 Å². The highest BCUT2D eigenvalue weighted by molar-refractivity contribution is 4.70. The molecule has 1 atom stereocenters. The zero-order valence-electron chi connectivity index (χ0n) is 11.7. The Kier molecular flexibility index (Phi) is 10.8. The summed E-state index contributed by atoms with van der Waals surface area (Å²) in [5.41, 5.74) is 5.73. The van der Waals surface area contributed by atoms with Gasteiger partial charge in [0.2, 0.25) is 0 Å². The van der Waals surface area contributed by atoms with E-state index in [9.17, 15) is 0 Å². The summed E-state index contributed by atoms with van der Waals surface area (Å²) in [5, 5.41) is 3.44. The number of nitrogens with two attached hydrogens (primary N) is 1. The fourth-order valence-corrected chi connectivity index (χ4v) is 1.75. The summed E-state index contributed by atoms with van der Waals surface area (Å²) in [6.07, 6.45) is 0.603. The molecule has 0 fully saturated rings. The largest absolute Gasteiger partial charge is 0.356 e. The minimum absolute atomic E-state index is 0.176. The van der Waals surface area contributed by atoms with E-state index in [1.165, 1.54) is 0 Å². The van der Waals surface area contributed by atoms with Gasteiger partial charge in [-0.2, -0.15) is 0 Å². The van der Waals surface area contributed by atoms with E-state index < -0.39 is 0 Å². The molecule has 0 radical (unpaired) electrons. The lowest BCUT2D eigenvalue weighted by Gasteiger charge is -2.24. The fraction of sp³-hybridized carbons (Fsp3) is 1.00. The molecule has 17 heavy (non-hydrogen) atoms. The molecule has 0 heterocycles. The minimum atomic E-state index is -0.176. The van der Waals surface area contributed by atoms with Crippen LogP contribution in [0.5, 0.6) is 0 Å². The predicted molar refractivity (Wildman–Crippen MR) is 71.1 cm³/mol. The van der Waals surface area contributed by atoms with Gasteiger partial charge in [-0.3, -0.25) is 0 Å². The van der Waals surface area contributed by atoms with Crippen molar-refractivity contribution >= 4 is 0 Å². The van der Waals surface area contributed by atoms with Crippen molar-refractivity contribution in [1.82, 2.24) is 10.2 Å². The molecular weight excluding hydrogens is 218 g/mol. The van der Waals surface area contributed by atoms with Crippen LogP contribution in [-0.4, -0.2) is 64.2 Å². The van der Waals surface area contributed by atoms with Crippen molar-refractivity contribution in [3.05, 3.63) is 0 Å². The number of methoxy groups -OCH3 is 2. The second kappa shape index (κ2) is 10.9. The average Bonchev–Trinajstić information content (AvgIpc) is 2.38. The SMILES string of the molecule is CCN(CC)CCNC(CN)CC(OC)OC. The Hall–Kier alpha value is -0.200. The number of ether oxygens (including phenoxy) is 2. The third-order valence-corrected chi connectivity index (χ3v) is 3.04. The highest BCUT2D eigenvalue weighted by atomic mass is 16.7. The highest BCUT2D eigenvalue weighted by Crippen LogP contribution is 2.01. The summed E-state index contributed by atoms with van der Waals surface area (Å²) in [5.74, 6) is 0. The first kappa shape index (κ1) is 16.8. The lowest BCUT2D eigenvalue weighted by atomic mass is 10.2. The summed E-state index contributed by atoms with van der Waals surface area (Å²) in [6, 6.07) is 0.246. The van der Waals surface area contributed by atoms with Gasteiger partial charge in [0, 0.05) is 46.3 Å². The van der Waals surface area contributed by atoms with Crippen molar-refractivity contribution in [2.45, 2.75) is 32.6 Å². The summed E-state index contributed by atoms with van der Waals surface area (Å²) >= 11 is 0. The number of hydrogen-bond acceptors (Lipinski definition) is 5. The van der Waals surface area contributed by atoms with E-state index in [0.29, 0.717) is 6.54 Å². The van der Waals surface area contributed by atoms with Crippen LogP contribution < -0.4 is 11.1 Å². The number of nitrogens with zero attached hydrogens (tertiary/aromatic N) is 1. The topological polar surface area (TPSA) is 59.8 Å². The van der Waals surface area contributed by atoms with Crippen molar-refractivity contribution in [2.75, 3.05) is 46.9 Å². The van der Waals surface area contributed by atoms with Crippen molar-refractivity contribution in [1.29, 1.82) is 0 Å². The van der Waals surface area contributed by atoms with Crippen LogP contribution in [0.2, 0.25) is 0 Å². The standard InChI is InChI=1S/C12H29N3O2/c1-5-15(6-2)8-7-14-11(10-13)9-12(16-3)17-4/h11-12,14H,5-10,13H2,1-4H3. The van der Waals surface area contributed by atoms with E-state index in [2.05, 4.69) is 24.1 Å². The summed E-state index contributed by atoms with van der Waals surface area (Å²) in [7, 11) is 3.30. The van der Waals surface area contributed by atoms with Crippen molar-refractivity contribution in [2.24, 2.45) is 5.73 Å². The van der Waals surface area contributed by atoms with Crippen molar-refractivity contribution < 1.29 is 9.47 Å². The van der Waals surface area contributed by atoms with Gasteiger partial charge in [-0.15, -0.1) is 0 Å². The Bertz CT molecular complexity index is 162. The van der Waals surface area contributed by atoms with Gasteiger partial charge in [0.1, 0.15) is 0 Å². The molecule has 0 amide bonds. The van der Waals surface area contributed by atoms with Gasteiger partial charge in [-0.25, -0.2) is 0 Å². The molecule has 104 valence electrons. The molecule has 5 nitrogen and oxygen atoms in total. The number of nitrogens with one attached hydrogen (secondary N) is 1. The predicted octanol–water partition coefficient (Wildman–Crippen LogP) is 0.254. The van der Waals surface area contributed by atoms with Crippen LogP contribution in [0.1, 0.15) is 20.3 Å². The van der Waals surface area contributed by atoms with Gasteiger partial charge in [0.05, 0.1) is 0 Å². The normalized spacial score (nSPS) is 13.6. The van der Waals surface area contributed by atoms with Crippen LogP contribution in [0.4, 0.5) is 0 Å². The second-order valence-electron chi connectivity index (χ2n) is 4.05. The van der Waals surface area contributed by atoms with Gasteiger partial charge in [0.25, 0.3) is 0 Å². The molecule has 0 aliphatic heterocycles. The molecule has 3 N–H and O–H groups in total. The van der Waals surface area contributed by atoms with E-state index in [1.807, 2.05) is 0 Å². The third kappa shape index (κ3) is 7.68. The molecule has 0 aliphatic rings. The minimum Gasteiger partial charge on any atom is -0.356 e. The highest BCUT2D eigenvalue weighted by Gasteiger charge is 2.13.